The number of rotatable bonds is 4. The van der Waals surface area contributed by atoms with Gasteiger partial charge in [-0.05, 0) is 19.1 Å². The maximum absolute atomic E-state index is 12.7. The Morgan fingerprint density at radius 1 is 1.33 bits per heavy atom. The minimum absolute atomic E-state index is 0.0973. The van der Waals surface area contributed by atoms with Gasteiger partial charge >= 0.3 is 5.97 Å². The number of carboxylic acid groups (broad SMARTS) is 1. The third kappa shape index (κ3) is 3.15. The van der Waals surface area contributed by atoms with E-state index in [2.05, 4.69) is 0 Å². The van der Waals surface area contributed by atoms with Gasteiger partial charge in [-0.25, -0.2) is 0 Å². The lowest BCUT2D eigenvalue weighted by atomic mass is 10.0. The van der Waals surface area contributed by atoms with E-state index in [-0.39, 0.29) is 34.7 Å². The van der Waals surface area contributed by atoms with E-state index < -0.39 is 17.9 Å². The molecule has 2 rings (SSSR count). The molecule has 21 heavy (non-hydrogen) atoms. The van der Waals surface area contributed by atoms with Crippen LogP contribution in [0.5, 0.6) is 0 Å². The molecule has 114 valence electrons. The van der Waals surface area contributed by atoms with Gasteiger partial charge in [-0.2, -0.15) is 0 Å². The zero-order valence-corrected chi connectivity index (χ0v) is 12.9. The van der Waals surface area contributed by atoms with E-state index in [1.54, 1.807) is 25.1 Å². The number of carbonyl (C=O) groups excluding carboxylic acids is 1. The smallest absolute Gasteiger partial charge is 0.311 e. The molecule has 7 heteroatoms. The van der Waals surface area contributed by atoms with E-state index >= 15 is 0 Å². The molecule has 1 aromatic rings. The molecular formula is C14H15Cl2NO4. The molecule has 0 spiro atoms. The van der Waals surface area contributed by atoms with Crippen LogP contribution in [0.3, 0.4) is 0 Å². The topological polar surface area (TPSA) is 66.8 Å². The normalized spacial score (nSPS) is 21.3. The highest BCUT2D eigenvalue weighted by atomic mass is 35.5. The Morgan fingerprint density at radius 2 is 1.95 bits per heavy atom. The predicted molar refractivity (Wildman–Crippen MR) is 78.9 cm³/mol. The standard InChI is InChI=1S/C14H15Cl2NO4/c1-2-17(11-7-21-6-8(11)14(19)20)13(18)12-9(15)4-3-5-10(12)16/h3-5,8,11H,2,6-7H2,1H3,(H,19,20). The van der Waals surface area contributed by atoms with Crippen LogP contribution in [0, 0.1) is 5.92 Å². The molecule has 2 unspecified atom stereocenters. The fourth-order valence-corrected chi connectivity index (χ4v) is 3.02. The Hall–Kier alpha value is -1.30. The Morgan fingerprint density at radius 3 is 2.48 bits per heavy atom. The second-order valence-corrected chi connectivity index (χ2v) is 5.55. The monoisotopic (exact) mass is 331 g/mol. The van der Waals surface area contributed by atoms with Gasteiger partial charge in [0.15, 0.2) is 0 Å². The second-order valence-electron chi connectivity index (χ2n) is 4.74. The quantitative estimate of drug-likeness (QED) is 0.920. The summed E-state index contributed by atoms with van der Waals surface area (Å²) in [6, 6.07) is 4.28. The van der Waals surface area contributed by atoms with Gasteiger partial charge in [0.05, 0.1) is 34.9 Å². The molecule has 2 atom stereocenters. The zero-order chi connectivity index (χ0) is 15.6. The number of hydrogen-bond acceptors (Lipinski definition) is 3. The number of ether oxygens (including phenoxy) is 1. The van der Waals surface area contributed by atoms with Crippen LogP contribution >= 0.6 is 23.2 Å². The van der Waals surface area contributed by atoms with Crippen LogP contribution in [-0.4, -0.2) is 47.7 Å². The van der Waals surface area contributed by atoms with E-state index in [9.17, 15) is 14.7 Å². The highest BCUT2D eigenvalue weighted by molar-refractivity contribution is 6.39. The van der Waals surface area contributed by atoms with Crippen molar-refractivity contribution in [1.82, 2.24) is 4.90 Å². The van der Waals surface area contributed by atoms with Gasteiger partial charge in [0.25, 0.3) is 5.91 Å². The number of aliphatic carboxylic acids is 1. The minimum atomic E-state index is -0.978. The highest BCUT2D eigenvalue weighted by Crippen LogP contribution is 2.28. The van der Waals surface area contributed by atoms with Gasteiger partial charge in [0.1, 0.15) is 5.92 Å². The molecule has 1 aliphatic heterocycles. The molecule has 0 radical (unpaired) electrons. The first-order chi connectivity index (χ1) is 9.97. The van der Waals surface area contributed by atoms with Crippen LogP contribution in [0.15, 0.2) is 18.2 Å². The van der Waals surface area contributed by atoms with Gasteiger partial charge in [-0.3, -0.25) is 9.59 Å². The van der Waals surface area contributed by atoms with Crippen molar-refractivity contribution in [3.8, 4) is 0 Å². The number of amides is 1. The first-order valence-corrected chi connectivity index (χ1v) is 7.28. The van der Waals surface area contributed by atoms with Crippen LogP contribution in [0.2, 0.25) is 10.0 Å². The fourth-order valence-electron chi connectivity index (χ4n) is 2.46. The van der Waals surface area contributed by atoms with Crippen molar-refractivity contribution in [1.29, 1.82) is 0 Å². The zero-order valence-electron chi connectivity index (χ0n) is 11.4. The van der Waals surface area contributed by atoms with Crippen molar-refractivity contribution in [3.05, 3.63) is 33.8 Å². The summed E-state index contributed by atoms with van der Waals surface area (Å²) in [5, 5.41) is 9.71. The Bertz CT molecular complexity index is 544. The largest absolute Gasteiger partial charge is 0.481 e. The minimum Gasteiger partial charge on any atom is -0.481 e. The summed E-state index contributed by atoms with van der Waals surface area (Å²) in [6.45, 7) is 2.41. The molecule has 1 N–H and O–H groups in total. The first kappa shape index (κ1) is 16.1. The molecule has 1 aliphatic rings. The van der Waals surface area contributed by atoms with Gasteiger partial charge in [-0.15, -0.1) is 0 Å². The number of hydrogen-bond donors (Lipinski definition) is 1. The van der Waals surface area contributed by atoms with E-state index in [0.29, 0.717) is 6.54 Å². The molecule has 0 bridgehead atoms. The van der Waals surface area contributed by atoms with Gasteiger partial charge in [-0.1, -0.05) is 29.3 Å². The lowest BCUT2D eigenvalue weighted by Gasteiger charge is -2.29. The van der Waals surface area contributed by atoms with Crippen molar-refractivity contribution in [3.63, 3.8) is 0 Å². The number of halogens is 2. The van der Waals surface area contributed by atoms with E-state index in [0.717, 1.165) is 0 Å². The Balaban J connectivity index is 2.33. The number of carboxylic acids is 1. The Labute approximate surface area is 132 Å². The van der Waals surface area contributed by atoms with Crippen LogP contribution in [0.4, 0.5) is 0 Å². The highest BCUT2D eigenvalue weighted by Gasteiger charge is 2.40. The fraction of sp³-hybridized carbons (Fsp3) is 0.429. The van der Waals surface area contributed by atoms with Crippen LogP contribution < -0.4 is 0 Å². The molecule has 1 saturated heterocycles. The summed E-state index contributed by atoms with van der Waals surface area (Å²) in [5.74, 6) is -2.10. The van der Waals surface area contributed by atoms with Crippen LogP contribution in [0.25, 0.3) is 0 Å². The summed E-state index contributed by atoms with van der Waals surface area (Å²) in [6.07, 6.45) is 0. The summed E-state index contributed by atoms with van der Waals surface area (Å²) in [4.78, 5) is 25.4. The number of nitrogens with zero attached hydrogens (tertiary/aromatic N) is 1. The predicted octanol–water partition coefficient (Wildman–Crippen LogP) is 2.56. The Kier molecular flexibility index (Phi) is 5.08. The van der Waals surface area contributed by atoms with Gasteiger partial charge in [0.2, 0.25) is 0 Å². The number of likely N-dealkylation sites (N-methyl/N-ethyl adjacent to an activating group) is 1. The average Bonchev–Trinajstić information content (AvgIpc) is 2.88. The van der Waals surface area contributed by atoms with E-state index in [4.69, 9.17) is 27.9 Å². The summed E-state index contributed by atoms with van der Waals surface area (Å²) < 4.78 is 5.22. The van der Waals surface area contributed by atoms with E-state index in [1.807, 2.05) is 0 Å². The molecule has 0 aromatic heterocycles. The molecule has 0 saturated carbocycles. The number of benzene rings is 1. The average molecular weight is 332 g/mol. The SMILES string of the molecule is CCN(C(=O)c1c(Cl)cccc1Cl)C1COCC1C(=O)O. The van der Waals surface area contributed by atoms with Crippen LogP contribution in [-0.2, 0) is 9.53 Å². The summed E-state index contributed by atoms with van der Waals surface area (Å²) in [7, 11) is 0. The lowest BCUT2D eigenvalue weighted by molar-refractivity contribution is -0.142. The third-order valence-electron chi connectivity index (χ3n) is 3.55. The molecular weight excluding hydrogens is 317 g/mol. The van der Waals surface area contributed by atoms with E-state index in [1.165, 1.54) is 4.90 Å². The summed E-state index contributed by atoms with van der Waals surface area (Å²) in [5.41, 5.74) is 0.193. The van der Waals surface area contributed by atoms with Crippen molar-refractivity contribution >= 4 is 35.1 Å². The molecule has 0 aliphatic carbocycles. The summed E-state index contributed by atoms with van der Waals surface area (Å²) >= 11 is 12.1. The molecule has 1 aromatic carbocycles. The van der Waals surface area contributed by atoms with Crippen molar-refractivity contribution in [2.24, 2.45) is 5.92 Å². The molecule has 1 heterocycles. The first-order valence-electron chi connectivity index (χ1n) is 6.52. The van der Waals surface area contributed by atoms with Crippen LogP contribution in [0.1, 0.15) is 17.3 Å². The van der Waals surface area contributed by atoms with Crippen molar-refractivity contribution in [2.75, 3.05) is 19.8 Å². The maximum Gasteiger partial charge on any atom is 0.311 e. The molecule has 1 amide bonds. The molecule has 5 nitrogen and oxygen atoms in total. The van der Waals surface area contributed by atoms with Crippen molar-refractivity contribution in [2.45, 2.75) is 13.0 Å². The number of carbonyl (C=O) groups is 2. The maximum atomic E-state index is 12.7. The van der Waals surface area contributed by atoms with Crippen molar-refractivity contribution < 1.29 is 19.4 Å². The van der Waals surface area contributed by atoms with Gasteiger partial charge < -0.3 is 14.7 Å². The van der Waals surface area contributed by atoms with Gasteiger partial charge in [0, 0.05) is 6.54 Å². The molecule has 1 fully saturated rings. The third-order valence-corrected chi connectivity index (χ3v) is 4.18. The second kappa shape index (κ2) is 6.64. The lowest BCUT2D eigenvalue weighted by Crippen LogP contribution is -2.46.